The van der Waals surface area contributed by atoms with Gasteiger partial charge in [-0.15, -0.1) is 0 Å². The molecule has 0 radical (unpaired) electrons. The number of benzene rings is 2. The Morgan fingerprint density at radius 1 is 1.07 bits per heavy atom. The highest BCUT2D eigenvalue weighted by molar-refractivity contribution is 5.90. The molecule has 2 unspecified atom stereocenters. The van der Waals surface area contributed by atoms with Crippen molar-refractivity contribution in [2.24, 2.45) is 0 Å². The van der Waals surface area contributed by atoms with E-state index in [0.717, 1.165) is 19.1 Å². The van der Waals surface area contributed by atoms with E-state index in [9.17, 15) is 22.8 Å². The number of ether oxygens (including phenoxy) is 2. The molecule has 0 aromatic heterocycles. The second-order valence-electron chi connectivity index (χ2n) is 13.1. The fourth-order valence-electron chi connectivity index (χ4n) is 6.31. The number of rotatable bonds is 9. The van der Waals surface area contributed by atoms with Gasteiger partial charge in [-0.1, -0.05) is 6.07 Å². The van der Waals surface area contributed by atoms with Gasteiger partial charge in [-0.3, -0.25) is 14.2 Å². The van der Waals surface area contributed by atoms with Crippen molar-refractivity contribution >= 4 is 17.7 Å². The SMILES string of the molecule is COC(=O)c1ccc2c(c1)C[C@@H](C)N(CC(C)(F)F)C2c1c(F)cc(N(C(=O)OC(C)(C)C)C2CCN(CCCF)C2)cc1F. The molecule has 45 heavy (non-hydrogen) atoms. The summed E-state index contributed by atoms with van der Waals surface area (Å²) in [5.41, 5.74) is -0.199. The minimum atomic E-state index is -3.17. The van der Waals surface area contributed by atoms with Crippen LogP contribution in [0, 0.1) is 11.6 Å². The lowest BCUT2D eigenvalue weighted by Crippen LogP contribution is -2.48. The van der Waals surface area contributed by atoms with Gasteiger partial charge in [0.1, 0.15) is 17.2 Å². The molecule has 12 heteroatoms. The first-order valence-electron chi connectivity index (χ1n) is 15.2. The van der Waals surface area contributed by atoms with E-state index in [1.54, 1.807) is 33.8 Å². The molecule has 1 saturated heterocycles. The lowest BCUT2D eigenvalue weighted by atomic mass is 9.83. The van der Waals surface area contributed by atoms with E-state index >= 15 is 8.78 Å². The van der Waals surface area contributed by atoms with Gasteiger partial charge in [-0.25, -0.2) is 27.2 Å². The zero-order valence-electron chi connectivity index (χ0n) is 26.6. The van der Waals surface area contributed by atoms with Crippen LogP contribution >= 0.6 is 0 Å². The monoisotopic (exact) mass is 639 g/mol. The summed E-state index contributed by atoms with van der Waals surface area (Å²) in [5.74, 6) is -5.80. The molecule has 2 aliphatic heterocycles. The molecule has 0 saturated carbocycles. The summed E-state index contributed by atoms with van der Waals surface area (Å²) in [6, 6.07) is 4.30. The van der Waals surface area contributed by atoms with Gasteiger partial charge in [0.15, 0.2) is 0 Å². The first kappa shape index (κ1) is 34.6. The second kappa shape index (κ2) is 13.6. The Morgan fingerprint density at radius 2 is 1.73 bits per heavy atom. The molecule has 1 amide bonds. The molecule has 0 N–H and O–H groups in total. The zero-order valence-corrected chi connectivity index (χ0v) is 26.6. The van der Waals surface area contributed by atoms with Crippen LogP contribution in [0.5, 0.6) is 0 Å². The van der Waals surface area contributed by atoms with Gasteiger partial charge in [0, 0.05) is 38.2 Å². The molecule has 0 aliphatic carbocycles. The van der Waals surface area contributed by atoms with Gasteiger partial charge >= 0.3 is 12.1 Å². The van der Waals surface area contributed by atoms with E-state index in [4.69, 9.17) is 9.47 Å². The first-order chi connectivity index (χ1) is 21.0. The van der Waals surface area contributed by atoms with E-state index < -0.39 is 72.1 Å². The average Bonchev–Trinajstić information content (AvgIpc) is 3.38. The number of methoxy groups -OCH3 is 1. The van der Waals surface area contributed by atoms with E-state index in [1.807, 2.05) is 4.90 Å². The fraction of sp³-hybridized carbons (Fsp3) is 0.576. The largest absolute Gasteiger partial charge is 0.465 e. The number of carbonyl (C=O) groups is 2. The Labute approximate surface area is 261 Å². The molecular formula is C33H42F5N3O4. The van der Waals surface area contributed by atoms with Gasteiger partial charge in [-0.2, -0.15) is 0 Å². The molecule has 4 rings (SSSR count). The molecule has 2 aromatic carbocycles. The lowest BCUT2D eigenvalue weighted by molar-refractivity contribution is -0.0371. The summed E-state index contributed by atoms with van der Waals surface area (Å²) >= 11 is 0. The number of alkyl halides is 3. The number of hydrogen-bond donors (Lipinski definition) is 0. The molecule has 3 atom stereocenters. The van der Waals surface area contributed by atoms with Gasteiger partial charge in [-0.05, 0) is 82.3 Å². The predicted octanol–water partition coefficient (Wildman–Crippen LogP) is 6.92. The highest BCUT2D eigenvalue weighted by atomic mass is 19.3. The molecular weight excluding hydrogens is 597 g/mol. The number of esters is 1. The van der Waals surface area contributed by atoms with Crippen molar-refractivity contribution in [3.05, 3.63) is 64.2 Å². The molecule has 2 heterocycles. The third-order valence-electron chi connectivity index (χ3n) is 8.16. The Bertz CT molecular complexity index is 1370. The summed E-state index contributed by atoms with van der Waals surface area (Å²) in [6.45, 7) is 7.64. The number of fused-ring (bicyclic) bond motifs is 1. The molecule has 7 nitrogen and oxygen atoms in total. The van der Waals surface area contributed by atoms with Gasteiger partial charge in [0.25, 0.3) is 5.92 Å². The third-order valence-corrected chi connectivity index (χ3v) is 8.16. The van der Waals surface area contributed by atoms with Crippen LogP contribution in [-0.2, 0) is 15.9 Å². The van der Waals surface area contributed by atoms with Crippen LogP contribution in [0.15, 0.2) is 30.3 Å². The van der Waals surface area contributed by atoms with Crippen molar-refractivity contribution in [1.29, 1.82) is 0 Å². The highest BCUT2D eigenvalue weighted by Crippen LogP contribution is 2.43. The van der Waals surface area contributed by atoms with Gasteiger partial charge in [0.2, 0.25) is 0 Å². The maximum Gasteiger partial charge on any atom is 0.415 e. The predicted molar refractivity (Wildman–Crippen MR) is 161 cm³/mol. The van der Waals surface area contributed by atoms with Crippen LogP contribution in [0.2, 0.25) is 0 Å². The lowest BCUT2D eigenvalue weighted by Gasteiger charge is -2.43. The molecule has 0 bridgehead atoms. The van der Waals surface area contributed by atoms with E-state index in [0.29, 0.717) is 43.6 Å². The van der Waals surface area contributed by atoms with Crippen molar-refractivity contribution in [3.8, 4) is 0 Å². The minimum Gasteiger partial charge on any atom is -0.465 e. The third kappa shape index (κ3) is 8.13. The molecule has 0 spiro atoms. The fourth-order valence-corrected chi connectivity index (χ4v) is 6.31. The molecule has 2 aromatic rings. The van der Waals surface area contributed by atoms with E-state index in [2.05, 4.69) is 0 Å². The number of halogens is 5. The van der Waals surface area contributed by atoms with Crippen LogP contribution in [0.25, 0.3) is 0 Å². The standard InChI is InChI=1S/C33H42F5N3O4/c1-20-14-22-15-21(30(42)44-6)8-9-25(22)29(40(20)19-33(5,37)38)28-26(35)16-24(17-27(28)36)41(31(43)45-32(2,3)4)23-10-13-39(18-23)12-7-11-34/h8-9,15-17,20,23,29H,7,10-14,18-19H2,1-6H3/t20-,23?,29?/m1/s1. The number of nitrogens with zero attached hydrogens (tertiary/aromatic N) is 3. The van der Waals surface area contributed by atoms with Crippen LogP contribution in [0.4, 0.5) is 32.4 Å². The summed E-state index contributed by atoms with van der Waals surface area (Å²) < 4.78 is 84.8. The Balaban J connectivity index is 1.81. The smallest absolute Gasteiger partial charge is 0.415 e. The first-order valence-corrected chi connectivity index (χ1v) is 15.2. The van der Waals surface area contributed by atoms with Crippen molar-refractivity contribution < 1.29 is 41.0 Å². The normalized spacial score (nSPS) is 21.0. The van der Waals surface area contributed by atoms with Crippen LogP contribution in [0.3, 0.4) is 0 Å². The second-order valence-corrected chi connectivity index (χ2v) is 13.1. The summed E-state index contributed by atoms with van der Waals surface area (Å²) in [5, 5.41) is 0. The minimum absolute atomic E-state index is 0.0715. The highest BCUT2D eigenvalue weighted by Gasteiger charge is 2.42. The van der Waals surface area contributed by atoms with Gasteiger partial charge < -0.3 is 14.4 Å². The number of anilines is 1. The van der Waals surface area contributed by atoms with Crippen molar-refractivity contribution in [1.82, 2.24) is 9.80 Å². The molecule has 2 aliphatic rings. The Kier molecular flexibility index (Phi) is 10.5. The number of hydrogen-bond acceptors (Lipinski definition) is 6. The topological polar surface area (TPSA) is 62.3 Å². The number of likely N-dealkylation sites (tertiary alicyclic amines) is 1. The Morgan fingerprint density at radius 3 is 2.31 bits per heavy atom. The van der Waals surface area contributed by atoms with Crippen molar-refractivity contribution in [2.75, 3.05) is 44.9 Å². The van der Waals surface area contributed by atoms with Crippen LogP contribution in [0.1, 0.15) is 80.6 Å². The van der Waals surface area contributed by atoms with Crippen LogP contribution < -0.4 is 4.90 Å². The summed E-state index contributed by atoms with van der Waals surface area (Å²) in [6.07, 6.45) is 0.283. The molecule has 248 valence electrons. The van der Waals surface area contributed by atoms with Crippen LogP contribution in [-0.4, -0.2) is 85.4 Å². The summed E-state index contributed by atoms with van der Waals surface area (Å²) in [7, 11) is 1.23. The zero-order chi connectivity index (χ0) is 33.3. The summed E-state index contributed by atoms with van der Waals surface area (Å²) in [4.78, 5) is 30.2. The number of carbonyl (C=O) groups excluding carboxylic acids is 2. The van der Waals surface area contributed by atoms with E-state index in [-0.39, 0.29) is 17.7 Å². The molecule has 1 fully saturated rings. The number of amides is 1. The average molecular weight is 640 g/mol. The quantitative estimate of drug-likeness (QED) is 0.219. The van der Waals surface area contributed by atoms with E-state index in [1.165, 1.54) is 29.0 Å². The maximum absolute atomic E-state index is 16.3. The van der Waals surface area contributed by atoms with Crippen molar-refractivity contribution in [2.45, 2.75) is 83.5 Å². The van der Waals surface area contributed by atoms with Crippen molar-refractivity contribution in [3.63, 3.8) is 0 Å². The van der Waals surface area contributed by atoms with Gasteiger partial charge in [0.05, 0.1) is 43.7 Å². The Hall–Kier alpha value is -3.25. The maximum atomic E-state index is 16.3.